The van der Waals surface area contributed by atoms with Crippen LogP contribution in [0, 0.1) is 17.5 Å². The van der Waals surface area contributed by atoms with Gasteiger partial charge in [0.1, 0.15) is 5.82 Å². The number of aromatic nitrogens is 1. The maximum atomic E-state index is 13.6. The Morgan fingerprint density at radius 1 is 1.26 bits per heavy atom. The van der Waals surface area contributed by atoms with Crippen molar-refractivity contribution >= 4 is 17.4 Å². The Hall–Kier alpha value is -1.93. The third-order valence-electron chi connectivity index (χ3n) is 3.79. The Balaban J connectivity index is 1.59. The zero-order chi connectivity index (χ0) is 16.6. The topological polar surface area (TPSA) is 59.2 Å². The molecule has 1 aromatic heterocycles. The van der Waals surface area contributed by atoms with E-state index in [4.69, 9.17) is 5.73 Å². The van der Waals surface area contributed by atoms with E-state index in [-0.39, 0.29) is 24.3 Å². The molecule has 0 unspecified atom stereocenters. The molecule has 23 heavy (non-hydrogen) atoms. The summed E-state index contributed by atoms with van der Waals surface area (Å²) in [5.74, 6) is -3.40. The molecule has 2 N–H and O–H groups in total. The van der Waals surface area contributed by atoms with E-state index in [1.807, 2.05) is 5.38 Å². The van der Waals surface area contributed by atoms with Crippen LogP contribution in [0.15, 0.2) is 17.5 Å². The summed E-state index contributed by atoms with van der Waals surface area (Å²) in [7, 11) is 0. The number of amides is 1. The van der Waals surface area contributed by atoms with Crippen LogP contribution in [0.25, 0.3) is 0 Å². The minimum Gasteiger partial charge on any atom is -0.332 e. The van der Waals surface area contributed by atoms with Crippen LogP contribution in [0.4, 0.5) is 13.2 Å². The van der Waals surface area contributed by atoms with Gasteiger partial charge in [-0.25, -0.2) is 13.2 Å². The number of halogens is 3. The SMILES string of the molecule is N[C@@H](CC(=O)N1Cc2csnc2C1)Cc1cc(F)c(F)cc1F. The summed E-state index contributed by atoms with van der Waals surface area (Å²) < 4.78 is 43.9. The first-order valence-electron chi connectivity index (χ1n) is 7.03. The fourth-order valence-electron chi connectivity index (χ4n) is 2.59. The molecule has 0 aliphatic carbocycles. The van der Waals surface area contributed by atoms with Gasteiger partial charge < -0.3 is 10.6 Å². The predicted octanol–water partition coefficient (Wildman–Crippen LogP) is 2.36. The Morgan fingerprint density at radius 2 is 2.00 bits per heavy atom. The van der Waals surface area contributed by atoms with Crippen LogP contribution in [-0.4, -0.2) is 21.2 Å². The highest BCUT2D eigenvalue weighted by Gasteiger charge is 2.26. The number of rotatable bonds is 4. The predicted molar refractivity (Wildman–Crippen MR) is 79.0 cm³/mol. The van der Waals surface area contributed by atoms with Crippen LogP contribution in [-0.2, 0) is 24.3 Å². The third kappa shape index (κ3) is 3.37. The molecule has 2 aromatic rings. The Kier molecular flexibility index (Phi) is 4.36. The van der Waals surface area contributed by atoms with Gasteiger partial charge in [-0.15, -0.1) is 0 Å². The van der Waals surface area contributed by atoms with Crippen LogP contribution in [0.3, 0.4) is 0 Å². The van der Waals surface area contributed by atoms with Gasteiger partial charge in [0.15, 0.2) is 11.6 Å². The molecule has 0 saturated heterocycles. The highest BCUT2D eigenvalue weighted by molar-refractivity contribution is 7.03. The van der Waals surface area contributed by atoms with E-state index in [1.165, 1.54) is 11.5 Å². The molecule has 1 aliphatic heterocycles. The number of fused-ring (bicyclic) bond motifs is 1. The molecule has 1 amide bonds. The largest absolute Gasteiger partial charge is 0.332 e. The van der Waals surface area contributed by atoms with Crippen LogP contribution in [0.1, 0.15) is 23.2 Å². The van der Waals surface area contributed by atoms with Crippen molar-refractivity contribution < 1.29 is 18.0 Å². The minimum atomic E-state index is -1.24. The van der Waals surface area contributed by atoms with Crippen molar-refractivity contribution in [2.24, 2.45) is 5.73 Å². The van der Waals surface area contributed by atoms with E-state index in [0.717, 1.165) is 17.3 Å². The Bertz CT molecular complexity index is 729. The molecule has 0 radical (unpaired) electrons. The summed E-state index contributed by atoms with van der Waals surface area (Å²) in [6.07, 6.45) is -0.0335. The van der Waals surface area contributed by atoms with Crippen LogP contribution in [0.2, 0.25) is 0 Å². The second-order valence-electron chi connectivity index (χ2n) is 5.56. The third-order valence-corrected chi connectivity index (χ3v) is 4.51. The molecule has 1 atom stereocenters. The van der Waals surface area contributed by atoms with Crippen molar-refractivity contribution in [3.05, 3.63) is 51.8 Å². The van der Waals surface area contributed by atoms with Gasteiger partial charge >= 0.3 is 0 Å². The zero-order valence-corrected chi connectivity index (χ0v) is 12.9. The number of carbonyl (C=O) groups is 1. The molecule has 0 saturated carbocycles. The summed E-state index contributed by atoms with van der Waals surface area (Å²) in [6, 6.07) is 0.599. The van der Waals surface area contributed by atoms with E-state index >= 15 is 0 Å². The fraction of sp³-hybridized carbons (Fsp3) is 0.333. The molecular weight excluding hydrogens is 327 g/mol. The van der Waals surface area contributed by atoms with E-state index < -0.39 is 23.5 Å². The average Bonchev–Trinajstić information content (AvgIpc) is 3.05. The maximum absolute atomic E-state index is 13.6. The van der Waals surface area contributed by atoms with Crippen molar-refractivity contribution in [2.75, 3.05) is 0 Å². The van der Waals surface area contributed by atoms with Gasteiger partial charge in [-0.3, -0.25) is 4.79 Å². The average molecular weight is 341 g/mol. The lowest BCUT2D eigenvalue weighted by molar-refractivity contribution is -0.132. The van der Waals surface area contributed by atoms with E-state index in [2.05, 4.69) is 4.37 Å². The zero-order valence-electron chi connectivity index (χ0n) is 12.1. The standard InChI is InChI=1S/C15H14F3N3OS/c16-11-4-13(18)12(17)2-8(11)1-10(19)3-15(22)21-5-9-7-23-20-14(9)6-21/h2,4,7,10H,1,3,5-6,19H2/t10-/m1/s1. The van der Waals surface area contributed by atoms with E-state index in [9.17, 15) is 18.0 Å². The monoisotopic (exact) mass is 341 g/mol. The summed E-state index contributed by atoms with van der Waals surface area (Å²) in [4.78, 5) is 13.8. The molecule has 0 bridgehead atoms. The number of carbonyl (C=O) groups excluding carboxylic acids is 1. The first-order valence-corrected chi connectivity index (χ1v) is 7.86. The van der Waals surface area contributed by atoms with Crippen molar-refractivity contribution in [2.45, 2.75) is 32.0 Å². The summed E-state index contributed by atoms with van der Waals surface area (Å²) in [6.45, 7) is 0.945. The van der Waals surface area contributed by atoms with Crippen LogP contribution >= 0.6 is 11.5 Å². The molecule has 3 rings (SSSR count). The number of nitrogens with zero attached hydrogens (tertiary/aromatic N) is 2. The normalized spacial score (nSPS) is 14.9. The van der Waals surface area contributed by atoms with Gasteiger partial charge in [0, 0.05) is 36.0 Å². The number of hydrogen-bond acceptors (Lipinski definition) is 4. The smallest absolute Gasteiger partial charge is 0.224 e. The highest BCUT2D eigenvalue weighted by Crippen LogP contribution is 2.24. The van der Waals surface area contributed by atoms with Gasteiger partial charge in [0.2, 0.25) is 5.91 Å². The van der Waals surface area contributed by atoms with E-state index in [1.54, 1.807) is 4.90 Å². The Labute approximate surface area is 134 Å². The van der Waals surface area contributed by atoms with E-state index in [0.29, 0.717) is 19.2 Å². The van der Waals surface area contributed by atoms with Crippen molar-refractivity contribution in [3.8, 4) is 0 Å². The van der Waals surface area contributed by atoms with Gasteiger partial charge in [0.05, 0.1) is 12.2 Å². The summed E-state index contributed by atoms with van der Waals surface area (Å²) in [5, 5.41) is 1.90. The molecule has 0 fully saturated rings. The molecule has 4 nitrogen and oxygen atoms in total. The van der Waals surface area contributed by atoms with Crippen molar-refractivity contribution in [3.63, 3.8) is 0 Å². The molecule has 122 valence electrons. The molecular formula is C15H14F3N3OS. The van der Waals surface area contributed by atoms with Gasteiger partial charge in [-0.05, 0) is 29.6 Å². The van der Waals surface area contributed by atoms with Crippen LogP contribution < -0.4 is 5.73 Å². The molecule has 1 aromatic carbocycles. The maximum Gasteiger partial charge on any atom is 0.224 e. The highest BCUT2D eigenvalue weighted by atomic mass is 32.1. The molecule has 0 spiro atoms. The molecule has 1 aliphatic rings. The lowest BCUT2D eigenvalue weighted by Gasteiger charge is -2.18. The van der Waals surface area contributed by atoms with Gasteiger partial charge in [-0.1, -0.05) is 0 Å². The van der Waals surface area contributed by atoms with Crippen molar-refractivity contribution in [1.29, 1.82) is 0 Å². The fourth-order valence-corrected chi connectivity index (χ4v) is 3.28. The first kappa shape index (κ1) is 15.9. The van der Waals surface area contributed by atoms with Gasteiger partial charge in [-0.2, -0.15) is 4.37 Å². The summed E-state index contributed by atoms with van der Waals surface area (Å²) in [5.41, 5.74) is 7.75. The molecule has 8 heteroatoms. The molecule has 2 heterocycles. The van der Waals surface area contributed by atoms with Crippen molar-refractivity contribution in [1.82, 2.24) is 9.27 Å². The number of nitrogens with two attached hydrogens (primary N) is 1. The number of hydrogen-bond donors (Lipinski definition) is 1. The van der Waals surface area contributed by atoms with Gasteiger partial charge in [0.25, 0.3) is 0 Å². The lowest BCUT2D eigenvalue weighted by atomic mass is 10.0. The minimum absolute atomic E-state index is 0.00609. The quantitative estimate of drug-likeness (QED) is 0.869. The Morgan fingerprint density at radius 3 is 2.74 bits per heavy atom. The number of benzene rings is 1. The second kappa shape index (κ2) is 6.29. The second-order valence-corrected chi connectivity index (χ2v) is 6.19. The summed E-state index contributed by atoms with van der Waals surface area (Å²) >= 11 is 1.36. The first-order chi connectivity index (χ1) is 10.9. The van der Waals surface area contributed by atoms with Crippen LogP contribution in [0.5, 0.6) is 0 Å². The lowest BCUT2D eigenvalue weighted by Crippen LogP contribution is -2.34.